The summed E-state index contributed by atoms with van der Waals surface area (Å²) in [6.45, 7) is 15.4. The number of piperidine rings is 3. The minimum Gasteiger partial charge on any atom is -0.506 e. The molecule has 2 bridgehead atoms. The van der Waals surface area contributed by atoms with Crippen molar-refractivity contribution in [3.63, 3.8) is 0 Å². The second-order valence-corrected chi connectivity index (χ2v) is 22.9. The second kappa shape index (κ2) is 17.9. The van der Waals surface area contributed by atoms with Crippen molar-refractivity contribution in [1.29, 1.82) is 0 Å². The van der Waals surface area contributed by atoms with Gasteiger partial charge in [0.25, 0.3) is 0 Å². The molecule has 6 aromatic rings. The lowest BCUT2D eigenvalue weighted by molar-refractivity contribution is -0.0289. The topological polar surface area (TPSA) is 151 Å². The van der Waals surface area contributed by atoms with E-state index >= 15 is 0 Å². The Morgan fingerprint density at radius 2 is 1.79 bits per heavy atom. The van der Waals surface area contributed by atoms with E-state index in [0.717, 1.165) is 65.7 Å². The number of hydrogen-bond donors (Lipinski definition) is 4. The molecule has 3 aliphatic heterocycles. The van der Waals surface area contributed by atoms with Crippen LogP contribution >= 0.6 is 0 Å². The number of pyridine rings is 1. The maximum Gasteiger partial charge on any atom is 0.420 e. The monoisotopic (exact) mass is 855 g/mol. The zero-order valence-electron chi connectivity index (χ0n) is 36.2. The number of nitrogens with zero attached hydrogens (tertiary/aromatic N) is 2. The maximum absolute atomic E-state index is 13.3. The van der Waals surface area contributed by atoms with Crippen molar-refractivity contribution in [2.24, 2.45) is 5.92 Å². The summed E-state index contributed by atoms with van der Waals surface area (Å²) in [7, 11) is -2.23. The molecule has 9 rings (SSSR count). The molecule has 0 spiro atoms. The summed E-state index contributed by atoms with van der Waals surface area (Å²) in [5.74, 6) is -0.0142. The molecule has 2 atom stereocenters. The highest BCUT2D eigenvalue weighted by Crippen LogP contribution is 2.41. The van der Waals surface area contributed by atoms with E-state index in [2.05, 4.69) is 54.4 Å². The Kier molecular flexibility index (Phi) is 12.4. The molecule has 0 aliphatic carbocycles. The molecule has 2 aromatic heterocycles. The number of aromatic amines is 1. The summed E-state index contributed by atoms with van der Waals surface area (Å²) in [5, 5.41) is 17.9. The van der Waals surface area contributed by atoms with Crippen molar-refractivity contribution < 1.29 is 23.5 Å². The fraction of sp³-hybridized carbons (Fsp3) is 0.367. The molecular formula is C49H57N5O7Si. The molecule has 5 heterocycles. The summed E-state index contributed by atoms with van der Waals surface area (Å²) >= 11 is 0. The Hall–Kier alpha value is -5.73. The number of ether oxygens (including phenoxy) is 1. The minimum atomic E-state index is -2.23. The number of aromatic hydroxyl groups is 1. The molecule has 1 amide bonds. The Morgan fingerprint density at radius 1 is 1.00 bits per heavy atom. The van der Waals surface area contributed by atoms with Crippen LogP contribution < -0.4 is 21.9 Å². The summed E-state index contributed by atoms with van der Waals surface area (Å²) in [5.41, 5.74) is 6.64. The van der Waals surface area contributed by atoms with Gasteiger partial charge in [-0.1, -0.05) is 87.5 Å². The number of rotatable bonds is 14. The molecule has 3 fully saturated rings. The smallest absolute Gasteiger partial charge is 0.420 e. The number of allylic oxidation sites excluding steroid dienone is 1. The number of hydrogen-bond acceptors (Lipinski definition) is 9. The van der Waals surface area contributed by atoms with Gasteiger partial charge in [-0.3, -0.25) is 19.6 Å². The maximum atomic E-state index is 13.3. The summed E-state index contributed by atoms with van der Waals surface area (Å²) in [6.07, 6.45) is 5.78. The van der Waals surface area contributed by atoms with Crippen molar-refractivity contribution in [2.45, 2.75) is 76.9 Å². The zero-order valence-corrected chi connectivity index (χ0v) is 37.2. The highest BCUT2D eigenvalue weighted by Gasteiger charge is 2.40. The van der Waals surface area contributed by atoms with Crippen LogP contribution in [0.1, 0.15) is 56.4 Å². The van der Waals surface area contributed by atoms with Crippen LogP contribution in [0.15, 0.2) is 111 Å². The average Bonchev–Trinajstić information content (AvgIpc) is 3.56. The third-order valence-electron chi connectivity index (χ3n) is 13.0. The van der Waals surface area contributed by atoms with E-state index < -0.39 is 20.2 Å². The van der Waals surface area contributed by atoms with Gasteiger partial charge < -0.3 is 29.0 Å². The lowest BCUT2D eigenvalue weighted by atomic mass is 9.86. The lowest BCUT2D eigenvalue weighted by Gasteiger charge is -2.43. The number of anilines is 1. The van der Waals surface area contributed by atoms with E-state index in [-0.39, 0.29) is 28.6 Å². The van der Waals surface area contributed by atoms with Crippen molar-refractivity contribution in [3.05, 3.63) is 135 Å². The average molecular weight is 856 g/mol. The van der Waals surface area contributed by atoms with Gasteiger partial charge in [-0.05, 0) is 116 Å². The molecule has 3 saturated heterocycles. The number of phenols is 1. The van der Waals surface area contributed by atoms with E-state index in [1.54, 1.807) is 16.7 Å². The number of amides is 1. The molecule has 13 heteroatoms. The van der Waals surface area contributed by atoms with E-state index in [4.69, 9.17) is 13.6 Å². The SMILES string of the molecule is CC(C)(C)[Si](C)(C)O[C@@H](CNCCc1ccc2c(c1)oc(=O)n2C/C=C/c1ccc(-c2ccccc2)c(NC(=O)O[C@H]2CN3CCC2CC3)c1)c1ccc(O)c2[nH]c(=O)ccc12. The summed E-state index contributed by atoms with van der Waals surface area (Å²) in [6, 6.07) is 28.4. The van der Waals surface area contributed by atoms with Crippen molar-refractivity contribution in [3.8, 4) is 16.9 Å². The van der Waals surface area contributed by atoms with Gasteiger partial charge in [-0.15, -0.1) is 0 Å². The second-order valence-electron chi connectivity index (χ2n) is 18.2. The quantitative estimate of drug-likeness (QED) is 0.0622. The van der Waals surface area contributed by atoms with Crippen molar-refractivity contribution >= 4 is 48.2 Å². The molecule has 3 aliphatic rings. The van der Waals surface area contributed by atoms with Gasteiger partial charge in [-0.25, -0.2) is 9.59 Å². The van der Waals surface area contributed by atoms with Crippen LogP contribution in [0.25, 0.3) is 39.2 Å². The largest absolute Gasteiger partial charge is 0.506 e. The molecule has 4 aromatic carbocycles. The number of fused-ring (bicyclic) bond motifs is 5. The Labute approximate surface area is 362 Å². The first kappa shape index (κ1) is 42.9. The number of carbonyl (C=O) groups excluding carboxylic acids is 1. The number of aromatic nitrogens is 2. The van der Waals surface area contributed by atoms with Crippen LogP contribution in [0.4, 0.5) is 10.5 Å². The van der Waals surface area contributed by atoms with Crippen LogP contribution in [0.3, 0.4) is 0 Å². The predicted molar refractivity (Wildman–Crippen MR) is 248 cm³/mol. The molecule has 324 valence electrons. The number of oxazole rings is 1. The van der Waals surface area contributed by atoms with Gasteiger partial charge in [0, 0.05) is 36.7 Å². The Balaban J connectivity index is 0.930. The molecule has 0 unspecified atom stereocenters. The number of phenolic OH excluding ortho intramolecular Hbond substituents is 1. The van der Waals surface area contributed by atoms with E-state index in [1.807, 2.05) is 84.9 Å². The molecule has 0 radical (unpaired) electrons. The first-order valence-corrected chi connectivity index (χ1v) is 24.5. The molecule has 0 saturated carbocycles. The number of benzene rings is 4. The molecule has 12 nitrogen and oxygen atoms in total. The third-order valence-corrected chi connectivity index (χ3v) is 17.5. The van der Waals surface area contributed by atoms with Crippen LogP contribution in [0, 0.1) is 5.92 Å². The number of H-pyrrole nitrogens is 1. The van der Waals surface area contributed by atoms with Gasteiger partial charge in [-0.2, -0.15) is 0 Å². The minimum absolute atomic E-state index is 0.0161. The van der Waals surface area contributed by atoms with Gasteiger partial charge in [0.2, 0.25) is 5.56 Å². The molecule has 4 N–H and O–H groups in total. The Bertz CT molecular complexity index is 2710. The number of carbonyl (C=O) groups is 1. The van der Waals surface area contributed by atoms with Gasteiger partial charge in [0.05, 0.1) is 22.8 Å². The lowest BCUT2D eigenvalue weighted by Crippen LogP contribution is -2.52. The normalized spacial score (nSPS) is 18.4. The highest BCUT2D eigenvalue weighted by atomic mass is 28.4. The highest BCUT2D eigenvalue weighted by molar-refractivity contribution is 6.74. The van der Waals surface area contributed by atoms with Gasteiger partial charge in [0.1, 0.15) is 11.9 Å². The molecule has 62 heavy (non-hydrogen) atoms. The zero-order chi connectivity index (χ0) is 43.6. The third kappa shape index (κ3) is 9.51. The number of nitrogens with one attached hydrogen (secondary N) is 3. The standard InChI is InChI=1S/C49H57N5O7Si/c1-49(2,3)62(4,5)61-43(37-16-19-41(55)46-38(37)17-20-45(56)52-46)30-50-24-21-33-14-18-40-42(29-33)60-48(58)54(40)25-9-10-32-13-15-36(34-11-7-6-8-12-34)39(28-32)51-47(57)59-44-31-53-26-22-35(44)23-27-53/h6-20,28-29,35,43-44,50,55H,21-27,30-31H2,1-5H3,(H,51,57)(H,52,56)/b10-9+/t43-,44-/m0/s1. The Morgan fingerprint density at radius 3 is 2.53 bits per heavy atom. The summed E-state index contributed by atoms with van der Waals surface area (Å²) in [4.78, 5) is 43.6. The van der Waals surface area contributed by atoms with Crippen LogP contribution in [0.5, 0.6) is 5.75 Å². The fourth-order valence-electron chi connectivity index (χ4n) is 8.45. The van der Waals surface area contributed by atoms with E-state index in [0.29, 0.717) is 54.3 Å². The molecular weight excluding hydrogens is 799 g/mol. The summed E-state index contributed by atoms with van der Waals surface area (Å²) < 4.78 is 20.3. The van der Waals surface area contributed by atoms with Crippen molar-refractivity contribution in [1.82, 2.24) is 19.8 Å². The fourth-order valence-corrected chi connectivity index (χ4v) is 9.72. The van der Waals surface area contributed by atoms with E-state index in [1.165, 1.54) is 6.07 Å². The van der Waals surface area contributed by atoms with Gasteiger partial charge >= 0.3 is 11.8 Å². The van der Waals surface area contributed by atoms with E-state index in [9.17, 15) is 19.5 Å². The van der Waals surface area contributed by atoms with Crippen molar-refractivity contribution in [2.75, 3.05) is 38.0 Å². The van der Waals surface area contributed by atoms with Crippen LogP contribution in [-0.4, -0.2) is 72.8 Å². The first-order chi connectivity index (χ1) is 29.7. The van der Waals surface area contributed by atoms with Crippen LogP contribution in [-0.2, 0) is 22.1 Å². The first-order valence-electron chi connectivity index (χ1n) is 21.6. The van der Waals surface area contributed by atoms with Crippen LogP contribution in [0.2, 0.25) is 18.1 Å². The predicted octanol–water partition coefficient (Wildman–Crippen LogP) is 9.06. The van der Waals surface area contributed by atoms with Gasteiger partial charge in [0.15, 0.2) is 13.9 Å².